The van der Waals surface area contributed by atoms with Crippen molar-refractivity contribution in [1.82, 2.24) is 15.2 Å². The van der Waals surface area contributed by atoms with Crippen molar-refractivity contribution in [3.05, 3.63) is 15.6 Å². The molecule has 1 N–H and O–H groups in total. The second kappa shape index (κ2) is 5.25. The molecule has 0 unspecified atom stereocenters. The first-order valence-corrected chi connectivity index (χ1v) is 6.85. The fourth-order valence-corrected chi connectivity index (χ4v) is 3.37. The van der Waals surface area contributed by atoms with Crippen molar-refractivity contribution in [3.8, 4) is 0 Å². The smallest absolute Gasteiger partial charge is 0.107 e. The van der Waals surface area contributed by atoms with E-state index < -0.39 is 0 Å². The summed E-state index contributed by atoms with van der Waals surface area (Å²) in [6.07, 6.45) is 1.13. The summed E-state index contributed by atoms with van der Waals surface area (Å²) in [4.78, 5) is 8.72. The van der Waals surface area contributed by atoms with Gasteiger partial charge in [-0.2, -0.15) is 0 Å². The van der Waals surface area contributed by atoms with Crippen molar-refractivity contribution >= 4 is 11.3 Å². The van der Waals surface area contributed by atoms with Crippen LogP contribution >= 0.6 is 11.3 Å². The Morgan fingerprint density at radius 3 is 3.00 bits per heavy atom. The van der Waals surface area contributed by atoms with Crippen LogP contribution in [0.4, 0.5) is 0 Å². The molecule has 0 bridgehead atoms. The Bertz CT molecular complexity index is 346. The van der Waals surface area contributed by atoms with Crippen LogP contribution in [0, 0.1) is 5.92 Å². The summed E-state index contributed by atoms with van der Waals surface area (Å²) in [6, 6.07) is 0. The van der Waals surface area contributed by atoms with E-state index in [1.165, 1.54) is 28.7 Å². The topological polar surface area (TPSA) is 28.2 Å². The van der Waals surface area contributed by atoms with Gasteiger partial charge in [0.2, 0.25) is 0 Å². The van der Waals surface area contributed by atoms with Gasteiger partial charge in [0.25, 0.3) is 0 Å². The van der Waals surface area contributed by atoms with Crippen molar-refractivity contribution in [2.45, 2.75) is 33.4 Å². The van der Waals surface area contributed by atoms with E-state index in [1.807, 2.05) is 18.4 Å². The third-order valence-corrected chi connectivity index (χ3v) is 3.89. The molecule has 0 atom stereocenters. The summed E-state index contributed by atoms with van der Waals surface area (Å²) >= 11 is 1.88. The first-order chi connectivity index (χ1) is 7.69. The van der Waals surface area contributed by atoms with Crippen molar-refractivity contribution < 1.29 is 0 Å². The Morgan fingerprint density at radius 1 is 1.50 bits per heavy atom. The van der Waals surface area contributed by atoms with Gasteiger partial charge in [0.1, 0.15) is 5.01 Å². The van der Waals surface area contributed by atoms with Gasteiger partial charge in [0.15, 0.2) is 0 Å². The molecule has 0 aliphatic carbocycles. The minimum atomic E-state index is 0.756. The van der Waals surface area contributed by atoms with Crippen LogP contribution in [0.5, 0.6) is 0 Å². The lowest BCUT2D eigenvalue weighted by Gasteiger charge is -2.27. The summed E-state index contributed by atoms with van der Waals surface area (Å²) < 4.78 is 0. The van der Waals surface area contributed by atoms with Gasteiger partial charge in [-0.25, -0.2) is 4.98 Å². The van der Waals surface area contributed by atoms with Crippen LogP contribution < -0.4 is 5.32 Å². The molecule has 2 heterocycles. The first kappa shape index (κ1) is 12.0. The average Bonchev–Trinajstić information content (AvgIpc) is 2.59. The maximum atomic E-state index is 4.68. The SMILES string of the molecule is CNCc1nc2c(s1)CN(CC(C)C)CC2. The summed E-state index contributed by atoms with van der Waals surface area (Å²) in [5, 5.41) is 4.41. The Morgan fingerprint density at radius 2 is 2.31 bits per heavy atom. The molecule has 90 valence electrons. The number of nitrogens with one attached hydrogen (secondary N) is 1. The second-order valence-electron chi connectivity index (χ2n) is 4.89. The third kappa shape index (κ3) is 2.81. The fraction of sp³-hybridized carbons (Fsp3) is 0.750. The van der Waals surface area contributed by atoms with Crippen molar-refractivity contribution in [2.75, 3.05) is 20.1 Å². The summed E-state index contributed by atoms with van der Waals surface area (Å²) in [5.41, 5.74) is 1.34. The standard InChI is InChI=1S/C12H21N3S/c1-9(2)7-15-5-4-10-11(8-15)16-12(14-10)6-13-3/h9,13H,4-8H2,1-3H3. The van der Waals surface area contributed by atoms with Gasteiger partial charge in [0, 0.05) is 37.5 Å². The number of hydrogen-bond acceptors (Lipinski definition) is 4. The number of fused-ring (bicyclic) bond motifs is 1. The molecule has 0 amide bonds. The Balaban J connectivity index is 2.02. The molecule has 4 heteroatoms. The molecule has 0 aromatic carbocycles. The lowest BCUT2D eigenvalue weighted by Crippen LogP contribution is -2.32. The fourth-order valence-electron chi connectivity index (χ4n) is 2.20. The van der Waals surface area contributed by atoms with Gasteiger partial charge < -0.3 is 5.32 Å². The van der Waals surface area contributed by atoms with E-state index in [1.54, 1.807) is 0 Å². The second-order valence-corrected chi connectivity index (χ2v) is 6.05. The van der Waals surface area contributed by atoms with Crippen molar-refractivity contribution in [2.24, 2.45) is 5.92 Å². The highest BCUT2D eigenvalue weighted by molar-refractivity contribution is 7.11. The van der Waals surface area contributed by atoms with E-state index >= 15 is 0 Å². The first-order valence-electron chi connectivity index (χ1n) is 6.03. The highest BCUT2D eigenvalue weighted by atomic mass is 32.1. The third-order valence-electron chi connectivity index (χ3n) is 2.81. The Kier molecular flexibility index (Phi) is 3.95. The zero-order valence-corrected chi connectivity index (χ0v) is 11.2. The van der Waals surface area contributed by atoms with Crippen LogP contribution in [0.25, 0.3) is 0 Å². The van der Waals surface area contributed by atoms with Crippen LogP contribution in [0.1, 0.15) is 29.4 Å². The van der Waals surface area contributed by atoms with Gasteiger partial charge in [-0.15, -0.1) is 11.3 Å². The van der Waals surface area contributed by atoms with Gasteiger partial charge in [-0.05, 0) is 13.0 Å². The quantitative estimate of drug-likeness (QED) is 0.869. The predicted molar refractivity (Wildman–Crippen MR) is 68.7 cm³/mol. The van der Waals surface area contributed by atoms with Crippen LogP contribution in [-0.4, -0.2) is 30.0 Å². The predicted octanol–water partition coefficient (Wildman–Crippen LogP) is 1.88. The normalized spacial score (nSPS) is 16.8. The molecule has 1 aromatic rings. The molecule has 0 spiro atoms. The van der Waals surface area contributed by atoms with E-state index in [9.17, 15) is 0 Å². The molecule has 3 nitrogen and oxygen atoms in total. The number of thiazole rings is 1. The molecule has 2 rings (SSSR count). The molecule has 1 aromatic heterocycles. The molecule has 1 aliphatic heterocycles. The highest BCUT2D eigenvalue weighted by Crippen LogP contribution is 2.25. The molecule has 0 saturated heterocycles. The zero-order chi connectivity index (χ0) is 11.5. The average molecular weight is 239 g/mol. The highest BCUT2D eigenvalue weighted by Gasteiger charge is 2.20. The number of hydrogen-bond donors (Lipinski definition) is 1. The maximum absolute atomic E-state index is 4.68. The summed E-state index contributed by atoms with van der Waals surface area (Å²) in [7, 11) is 1.98. The molecule has 0 radical (unpaired) electrons. The number of rotatable bonds is 4. The molecule has 0 saturated carbocycles. The monoisotopic (exact) mass is 239 g/mol. The summed E-state index contributed by atoms with van der Waals surface area (Å²) in [6.45, 7) is 8.96. The Labute approximate surface area is 102 Å². The lowest BCUT2D eigenvalue weighted by atomic mass is 10.1. The van der Waals surface area contributed by atoms with Crippen molar-refractivity contribution in [1.29, 1.82) is 0 Å². The van der Waals surface area contributed by atoms with E-state index in [2.05, 4.69) is 29.0 Å². The Hall–Kier alpha value is -0.450. The van der Waals surface area contributed by atoms with Gasteiger partial charge in [0.05, 0.1) is 5.69 Å². The van der Waals surface area contributed by atoms with Gasteiger partial charge in [-0.3, -0.25) is 4.90 Å². The van der Waals surface area contributed by atoms with Gasteiger partial charge in [-0.1, -0.05) is 13.8 Å². The lowest BCUT2D eigenvalue weighted by molar-refractivity contribution is 0.228. The largest absolute Gasteiger partial charge is 0.314 e. The maximum Gasteiger partial charge on any atom is 0.107 e. The van der Waals surface area contributed by atoms with Crippen LogP contribution in [0.3, 0.4) is 0 Å². The molecule has 1 aliphatic rings. The molecule has 0 fully saturated rings. The summed E-state index contributed by atoms with van der Waals surface area (Å²) in [5.74, 6) is 0.756. The van der Waals surface area contributed by atoms with Gasteiger partial charge >= 0.3 is 0 Å². The van der Waals surface area contributed by atoms with E-state index in [0.717, 1.165) is 25.4 Å². The van der Waals surface area contributed by atoms with Crippen LogP contribution in [0.15, 0.2) is 0 Å². The van der Waals surface area contributed by atoms with E-state index in [0.29, 0.717) is 0 Å². The minimum Gasteiger partial charge on any atom is -0.314 e. The zero-order valence-electron chi connectivity index (χ0n) is 10.4. The van der Waals surface area contributed by atoms with Crippen LogP contribution in [-0.2, 0) is 19.5 Å². The number of nitrogens with zero attached hydrogens (tertiary/aromatic N) is 2. The number of aromatic nitrogens is 1. The van der Waals surface area contributed by atoms with E-state index in [-0.39, 0.29) is 0 Å². The van der Waals surface area contributed by atoms with E-state index in [4.69, 9.17) is 0 Å². The molecular formula is C12H21N3S. The molecular weight excluding hydrogens is 218 g/mol. The van der Waals surface area contributed by atoms with Crippen molar-refractivity contribution in [3.63, 3.8) is 0 Å². The van der Waals surface area contributed by atoms with Crippen LogP contribution in [0.2, 0.25) is 0 Å². The minimum absolute atomic E-state index is 0.756. The molecule has 16 heavy (non-hydrogen) atoms.